The summed E-state index contributed by atoms with van der Waals surface area (Å²) in [5.74, 6) is 1.18. The molecular weight excluding hydrogens is 390 g/mol. The fourth-order valence-corrected chi connectivity index (χ4v) is 3.38. The smallest absolute Gasteiger partial charge is 0.263 e. The summed E-state index contributed by atoms with van der Waals surface area (Å²) in [6, 6.07) is 13.3. The third kappa shape index (κ3) is 4.22. The second kappa shape index (κ2) is 7.61. The molecule has 1 atom stereocenters. The molecule has 0 saturated carbocycles. The highest BCUT2D eigenvalue weighted by atomic mass is 79.9. The second-order valence-corrected chi connectivity index (χ2v) is 6.99. The van der Waals surface area contributed by atoms with Gasteiger partial charge >= 0.3 is 0 Å². The number of nitrogens with zero attached hydrogens (tertiary/aromatic N) is 3. The highest BCUT2D eigenvalue weighted by molar-refractivity contribution is 9.10. The van der Waals surface area contributed by atoms with Gasteiger partial charge < -0.3 is 15.2 Å². The van der Waals surface area contributed by atoms with E-state index in [1.54, 1.807) is 18.6 Å². The second-order valence-electron chi connectivity index (χ2n) is 4.84. The van der Waals surface area contributed by atoms with E-state index in [9.17, 15) is 4.55 Å². The SMILES string of the molecule is C[S+]([O-])c1nc(Nc2ccc(Nc3ccccn3)cc2)ncc1Br. The van der Waals surface area contributed by atoms with Gasteiger partial charge in [-0.1, -0.05) is 6.07 Å². The molecule has 3 aromatic rings. The normalized spacial score (nSPS) is 11.8. The van der Waals surface area contributed by atoms with Gasteiger partial charge in [0.05, 0.1) is 6.20 Å². The molecule has 6 nitrogen and oxygen atoms in total. The van der Waals surface area contributed by atoms with Crippen molar-refractivity contribution in [1.82, 2.24) is 15.0 Å². The Hall–Kier alpha value is -2.16. The molecule has 1 aromatic carbocycles. The number of hydrogen-bond donors (Lipinski definition) is 2. The van der Waals surface area contributed by atoms with Crippen molar-refractivity contribution in [3.8, 4) is 0 Å². The van der Waals surface area contributed by atoms with Crippen LogP contribution in [0.3, 0.4) is 0 Å². The molecule has 24 heavy (non-hydrogen) atoms. The van der Waals surface area contributed by atoms with Gasteiger partial charge in [0, 0.05) is 28.7 Å². The Balaban J connectivity index is 1.71. The number of benzene rings is 1. The van der Waals surface area contributed by atoms with Gasteiger partial charge in [-0.05, 0) is 52.3 Å². The molecular formula is C16H14BrN5OS. The van der Waals surface area contributed by atoms with Crippen LogP contribution in [0.1, 0.15) is 0 Å². The zero-order valence-electron chi connectivity index (χ0n) is 12.7. The lowest BCUT2D eigenvalue weighted by Crippen LogP contribution is -2.06. The van der Waals surface area contributed by atoms with Gasteiger partial charge in [-0.3, -0.25) is 0 Å². The first-order valence-electron chi connectivity index (χ1n) is 7.03. The molecule has 0 saturated heterocycles. The molecule has 0 aliphatic rings. The minimum atomic E-state index is -1.19. The van der Waals surface area contributed by atoms with Crippen LogP contribution in [0.5, 0.6) is 0 Å². The van der Waals surface area contributed by atoms with Crippen LogP contribution < -0.4 is 10.6 Å². The number of pyridine rings is 1. The first kappa shape index (κ1) is 16.7. The summed E-state index contributed by atoms with van der Waals surface area (Å²) < 4.78 is 12.3. The van der Waals surface area contributed by atoms with Crippen molar-refractivity contribution >= 4 is 50.2 Å². The molecule has 122 valence electrons. The van der Waals surface area contributed by atoms with Gasteiger partial charge in [-0.2, -0.15) is 4.98 Å². The molecule has 0 spiro atoms. The quantitative estimate of drug-likeness (QED) is 0.496. The maximum absolute atomic E-state index is 11.6. The lowest BCUT2D eigenvalue weighted by Gasteiger charge is -2.09. The molecule has 8 heteroatoms. The maximum Gasteiger partial charge on any atom is 0.263 e. The summed E-state index contributed by atoms with van der Waals surface area (Å²) in [7, 11) is 0. The Bertz CT molecular complexity index is 814. The molecule has 2 heterocycles. The van der Waals surface area contributed by atoms with Crippen LogP contribution in [0.4, 0.5) is 23.1 Å². The summed E-state index contributed by atoms with van der Waals surface area (Å²) in [6.45, 7) is 0. The van der Waals surface area contributed by atoms with Crippen molar-refractivity contribution in [2.45, 2.75) is 5.03 Å². The van der Waals surface area contributed by atoms with Crippen LogP contribution in [0.25, 0.3) is 0 Å². The van der Waals surface area contributed by atoms with Crippen molar-refractivity contribution in [3.63, 3.8) is 0 Å². The summed E-state index contributed by atoms with van der Waals surface area (Å²) in [5, 5.41) is 6.77. The van der Waals surface area contributed by atoms with Crippen molar-refractivity contribution < 1.29 is 4.55 Å². The fourth-order valence-electron chi connectivity index (χ4n) is 1.96. The van der Waals surface area contributed by atoms with Crippen LogP contribution in [0.2, 0.25) is 0 Å². The van der Waals surface area contributed by atoms with E-state index in [2.05, 4.69) is 41.5 Å². The number of anilines is 4. The average Bonchev–Trinajstić information content (AvgIpc) is 2.59. The molecule has 0 aliphatic heterocycles. The third-order valence-corrected chi connectivity index (χ3v) is 4.76. The van der Waals surface area contributed by atoms with Gasteiger partial charge in [0.25, 0.3) is 5.03 Å². The number of nitrogens with one attached hydrogen (secondary N) is 2. The van der Waals surface area contributed by atoms with E-state index in [1.165, 1.54) is 0 Å². The number of rotatable bonds is 5. The molecule has 0 amide bonds. The molecule has 3 rings (SSSR count). The zero-order valence-corrected chi connectivity index (χ0v) is 15.1. The molecule has 1 unspecified atom stereocenters. The molecule has 0 radical (unpaired) electrons. The topological polar surface area (TPSA) is 85.8 Å². The summed E-state index contributed by atoms with van der Waals surface area (Å²) in [5.41, 5.74) is 1.75. The number of hydrogen-bond acceptors (Lipinski definition) is 6. The van der Waals surface area contributed by atoms with E-state index in [0.29, 0.717) is 15.4 Å². The standard InChI is InChI=1S/C16H14BrN5OS/c1-24(23)15-13(17)10-19-16(22-15)21-12-7-5-11(6-8-12)20-14-4-2-3-9-18-14/h2-10H,1H3,(H,18,20)(H,19,21,22). The van der Waals surface area contributed by atoms with Crippen LogP contribution in [-0.2, 0) is 11.2 Å². The van der Waals surface area contributed by atoms with E-state index in [0.717, 1.165) is 17.2 Å². The minimum Gasteiger partial charge on any atom is -0.610 e. The van der Waals surface area contributed by atoms with Crippen LogP contribution in [0.15, 0.2) is 64.4 Å². The van der Waals surface area contributed by atoms with Crippen LogP contribution in [0, 0.1) is 0 Å². The van der Waals surface area contributed by atoms with Crippen LogP contribution >= 0.6 is 15.9 Å². The van der Waals surface area contributed by atoms with E-state index in [1.807, 2.05) is 42.5 Å². The highest BCUT2D eigenvalue weighted by Crippen LogP contribution is 2.23. The lowest BCUT2D eigenvalue weighted by molar-refractivity contribution is 0.596. The Morgan fingerprint density at radius 1 is 1.00 bits per heavy atom. The van der Waals surface area contributed by atoms with E-state index >= 15 is 0 Å². The van der Waals surface area contributed by atoms with E-state index in [4.69, 9.17) is 0 Å². The average molecular weight is 404 g/mol. The van der Waals surface area contributed by atoms with Gasteiger partial charge in [-0.15, -0.1) is 0 Å². The largest absolute Gasteiger partial charge is 0.610 e. The predicted molar refractivity (Wildman–Crippen MR) is 99.3 cm³/mol. The Morgan fingerprint density at radius 3 is 2.33 bits per heavy atom. The Kier molecular flexibility index (Phi) is 5.29. The number of halogens is 1. The van der Waals surface area contributed by atoms with Crippen molar-refractivity contribution in [2.75, 3.05) is 16.9 Å². The summed E-state index contributed by atoms with van der Waals surface area (Å²) in [4.78, 5) is 12.7. The molecule has 2 N–H and O–H groups in total. The third-order valence-electron chi connectivity index (χ3n) is 3.06. The first-order chi connectivity index (χ1) is 11.6. The fraction of sp³-hybridized carbons (Fsp3) is 0.0625. The van der Waals surface area contributed by atoms with E-state index in [-0.39, 0.29) is 0 Å². The zero-order chi connectivity index (χ0) is 16.9. The first-order valence-corrected chi connectivity index (χ1v) is 9.38. The molecule has 0 fully saturated rings. The van der Waals surface area contributed by atoms with E-state index < -0.39 is 11.2 Å². The molecule has 0 aliphatic carbocycles. The van der Waals surface area contributed by atoms with Gasteiger partial charge in [0.2, 0.25) is 5.95 Å². The maximum atomic E-state index is 11.6. The van der Waals surface area contributed by atoms with Gasteiger partial charge in [-0.25, -0.2) is 9.97 Å². The highest BCUT2D eigenvalue weighted by Gasteiger charge is 2.14. The molecule has 0 bridgehead atoms. The number of aromatic nitrogens is 3. The van der Waals surface area contributed by atoms with Crippen molar-refractivity contribution in [1.29, 1.82) is 0 Å². The monoisotopic (exact) mass is 403 g/mol. The summed E-state index contributed by atoms with van der Waals surface area (Å²) >= 11 is 2.11. The lowest BCUT2D eigenvalue weighted by atomic mass is 10.3. The minimum absolute atomic E-state index is 0.397. The predicted octanol–water partition coefficient (Wildman–Crippen LogP) is 3.86. The Morgan fingerprint density at radius 2 is 1.71 bits per heavy atom. The van der Waals surface area contributed by atoms with Gasteiger partial charge in [0.15, 0.2) is 0 Å². The Labute approximate surface area is 151 Å². The van der Waals surface area contributed by atoms with Gasteiger partial charge in [0.1, 0.15) is 16.5 Å². The van der Waals surface area contributed by atoms with Crippen molar-refractivity contribution in [2.24, 2.45) is 0 Å². The van der Waals surface area contributed by atoms with Crippen LogP contribution in [-0.4, -0.2) is 25.8 Å². The molecule has 2 aromatic heterocycles. The summed E-state index contributed by atoms with van der Waals surface area (Å²) in [6.07, 6.45) is 4.90. The van der Waals surface area contributed by atoms with Crippen molar-refractivity contribution in [3.05, 3.63) is 59.3 Å².